The van der Waals surface area contributed by atoms with Gasteiger partial charge in [-0.1, -0.05) is 127 Å². The number of nitrogens with zero attached hydrogens (tertiary/aromatic N) is 7. The van der Waals surface area contributed by atoms with E-state index in [0.717, 1.165) is 82.1 Å². The number of aromatic nitrogens is 7. The van der Waals surface area contributed by atoms with Gasteiger partial charge in [0.25, 0.3) is 0 Å². The van der Waals surface area contributed by atoms with Gasteiger partial charge in [-0.3, -0.25) is 13.7 Å². The molecule has 0 N–H and O–H groups in total. The summed E-state index contributed by atoms with van der Waals surface area (Å²) in [6.07, 6.45) is 0. The lowest BCUT2D eigenvalue weighted by Gasteiger charge is -2.14. The first kappa shape index (κ1) is 31.2. The Balaban J connectivity index is 1.19. The molecule has 270 valence electrons. The third kappa shape index (κ3) is 4.24. The highest BCUT2D eigenvalue weighted by molar-refractivity contribution is 6.19. The summed E-state index contributed by atoms with van der Waals surface area (Å²) in [5.41, 5.74) is 9.55. The molecule has 0 aliphatic heterocycles. The first-order valence-electron chi connectivity index (χ1n) is 19.6. The van der Waals surface area contributed by atoms with Crippen molar-refractivity contribution in [2.45, 2.75) is 0 Å². The summed E-state index contributed by atoms with van der Waals surface area (Å²) in [7, 11) is 0. The van der Waals surface area contributed by atoms with Crippen LogP contribution in [0.25, 0.3) is 111 Å². The summed E-state index contributed by atoms with van der Waals surface area (Å²) in [6, 6.07) is 66.6. The predicted octanol–water partition coefficient (Wildman–Crippen LogP) is 12.3. The molecule has 0 unspecified atom stereocenters. The van der Waals surface area contributed by atoms with Gasteiger partial charge in [0.15, 0.2) is 0 Å². The molecule has 0 amide bonds. The molecule has 0 atom stereocenters. The highest BCUT2D eigenvalue weighted by atomic mass is 15.3. The van der Waals surface area contributed by atoms with Crippen molar-refractivity contribution in [2.24, 2.45) is 0 Å². The molecule has 0 fully saturated rings. The van der Waals surface area contributed by atoms with Gasteiger partial charge in [0.1, 0.15) is 0 Å². The molecule has 13 aromatic rings. The predicted molar refractivity (Wildman–Crippen MR) is 237 cm³/mol. The molecule has 0 spiro atoms. The van der Waals surface area contributed by atoms with Crippen molar-refractivity contribution in [2.75, 3.05) is 0 Å². The molecule has 7 nitrogen and oxygen atoms in total. The minimum absolute atomic E-state index is 0.539. The Bertz CT molecular complexity index is 3570. The van der Waals surface area contributed by atoms with Gasteiger partial charge < -0.3 is 4.57 Å². The number of hydrogen-bond donors (Lipinski definition) is 0. The van der Waals surface area contributed by atoms with Crippen LogP contribution in [0.1, 0.15) is 0 Å². The summed E-state index contributed by atoms with van der Waals surface area (Å²) in [5, 5.41) is 9.25. The maximum absolute atomic E-state index is 5.48. The van der Waals surface area contributed by atoms with E-state index in [2.05, 4.69) is 206 Å². The molecule has 0 bridgehead atoms. The zero-order chi connectivity index (χ0) is 37.9. The average molecular weight is 742 g/mol. The Labute approximate surface area is 330 Å². The number of para-hydroxylation sites is 7. The number of rotatable bonds is 4. The van der Waals surface area contributed by atoms with Crippen LogP contribution in [0.2, 0.25) is 0 Å². The van der Waals surface area contributed by atoms with Crippen molar-refractivity contribution in [1.29, 1.82) is 0 Å². The van der Waals surface area contributed by atoms with E-state index in [9.17, 15) is 0 Å². The standard InChI is InChI=1S/C51H31N7/c1-2-16-32(17-3-1)55-41-24-10-8-22-37(41)39-30-40-38-23-9-15-29-46(38)58(48(40)31-47(39)55)51-53-49(56-42-25-11-4-18-33(42)34-19-5-12-26-43(34)56)52-50(54-51)57-44-27-13-6-20-35(44)36-21-7-14-28-45(36)57/h1-31H. The summed E-state index contributed by atoms with van der Waals surface area (Å²) in [4.78, 5) is 16.4. The smallest absolute Gasteiger partial charge is 0.241 e. The molecule has 13 rings (SSSR count). The van der Waals surface area contributed by atoms with Gasteiger partial charge in [0.2, 0.25) is 17.8 Å². The van der Waals surface area contributed by atoms with Gasteiger partial charge in [-0.05, 0) is 60.7 Å². The Morgan fingerprint density at radius 1 is 0.224 bits per heavy atom. The number of hydrogen-bond acceptors (Lipinski definition) is 3. The second-order valence-corrected chi connectivity index (χ2v) is 14.9. The zero-order valence-corrected chi connectivity index (χ0v) is 31.0. The van der Waals surface area contributed by atoms with E-state index < -0.39 is 0 Å². The van der Waals surface area contributed by atoms with Crippen LogP contribution in [-0.2, 0) is 0 Å². The normalized spacial score (nSPS) is 12.1. The first-order chi connectivity index (χ1) is 28.8. The van der Waals surface area contributed by atoms with Crippen molar-refractivity contribution >= 4 is 87.2 Å². The fraction of sp³-hybridized carbons (Fsp3) is 0. The largest absolute Gasteiger partial charge is 0.309 e. The van der Waals surface area contributed by atoms with Gasteiger partial charge in [-0.15, -0.1) is 0 Å². The molecule has 0 aliphatic carbocycles. The Morgan fingerprint density at radius 3 is 0.879 bits per heavy atom. The van der Waals surface area contributed by atoms with E-state index in [0.29, 0.717) is 17.8 Å². The quantitative estimate of drug-likeness (QED) is 0.180. The van der Waals surface area contributed by atoms with Crippen LogP contribution in [0.3, 0.4) is 0 Å². The van der Waals surface area contributed by atoms with Crippen molar-refractivity contribution in [1.82, 2.24) is 33.2 Å². The summed E-state index contributed by atoms with van der Waals surface area (Å²) >= 11 is 0. The molecular weight excluding hydrogens is 711 g/mol. The lowest BCUT2D eigenvalue weighted by molar-refractivity contribution is 0.848. The molecule has 0 saturated carbocycles. The van der Waals surface area contributed by atoms with E-state index in [1.807, 2.05) is 0 Å². The molecule has 0 saturated heterocycles. The summed E-state index contributed by atoms with van der Waals surface area (Å²) in [6.45, 7) is 0. The van der Waals surface area contributed by atoms with Crippen LogP contribution in [-0.4, -0.2) is 33.2 Å². The molecule has 5 aromatic heterocycles. The Hall–Kier alpha value is -8.03. The molecule has 58 heavy (non-hydrogen) atoms. The third-order valence-electron chi connectivity index (χ3n) is 11.8. The zero-order valence-electron chi connectivity index (χ0n) is 31.0. The lowest BCUT2D eigenvalue weighted by Crippen LogP contribution is -2.13. The fourth-order valence-electron chi connectivity index (χ4n) is 9.42. The van der Waals surface area contributed by atoms with Crippen LogP contribution in [0.5, 0.6) is 0 Å². The van der Waals surface area contributed by atoms with Gasteiger partial charge in [-0.2, -0.15) is 15.0 Å². The van der Waals surface area contributed by atoms with Gasteiger partial charge >= 0.3 is 0 Å². The number of benzene rings is 8. The van der Waals surface area contributed by atoms with Crippen molar-refractivity contribution in [3.05, 3.63) is 188 Å². The number of fused-ring (bicyclic) bond motifs is 12. The highest BCUT2D eigenvalue weighted by Crippen LogP contribution is 2.40. The summed E-state index contributed by atoms with van der Waals surface area (Å²) < 4.78 is 8.97. The molecule has 0 aliphatic rings. The second-order valence-electron chi connectivity index (χ2n) is 14.9. The van der Waals surface area contributed by atoms with Gasteiger partial charge in [0, 0.05) is 48.8 Å². The lowest BCUT2D eigenvalue weighted by atomic mass is 10.1. The van der Waals surface area contributed by atoms with E-state index in [4.69, 9.17) is 15.0 Å². The summed E-state index contributed by atoms with van der Waals surface area (Å²) in [5.74, 6) is 1.63. The maximum atomic E-state index is 5.48. The Kier molecular flexibility index (Phi) is 6.32. The highest BCUT2D eigenvalue weighted by Gasteiger charge is 2.24. The van der Waals surface area contributed by atoms with Crippen LogP contribution < -0.4 is 0 Å². The molecule has 8 aromatic carbocycles. The van der Waals surface area contributed by atoms with E-state index in [-0.39, 0.29) is 0 Å². The monoisotopic (exact) mass is 741 g/mol. The molecule has 5 heterocycles. The molecule has 7 heteroatoms. The second kappa shape index (κ2) is 11.7. The van der Waals surface area contributed by atoms with Crippen LogP contribution >= 0.6 is 0 Å². The van der Waals surface area contributed by atoms with E-state index in [1.165, 1.54) is 10.8 Å². The van der Waals surface area contributed by atoms with Crippen LogP contribution in [0.15, 0.2) is 188 Å². The minimum Gasteiger partial charge on any atom is -0.309 e. The molecular formula is C51H31N7. The van der Waals surface area contributed by atoms with Crippen molar-refractivity contribution in [3.63, 3.8) is 0 Å². The topological polar surface area (TPSA) is 58.4 Å². The third-order valence-corrected chi connectivity index (χ3v) is 11.8. The van der Waals surface area contributed by atoms with Crippen molar-refractivity contribution in [3.8, 4) is 23.5 Å². The molecule has 0 radical (unpaired) electrons. The van der Waals surface area contributed by atoms with E-state index in [1.54, 1.807) is 0 Å². The maximum Gasteiger partial charge on any atom is 0.241 e. The average Bonchev–Trinajstić information content (AvgIpc) is 4.01. The van der Waals surface area contributed by atoms with Crippen molar-refractivity contribution < 1.29 is 0 Å². The van der Waals surface area contributed by atoms with E-state index >= 15 is 0 Å². The SMILES string of the molecule is c1ccc(-n2c3ccccc3c3cc4c5ccccc5n(-c5nc(-n6c7ccccc7c7ccccc76)nc(-n6c7ccccc7c7ccccc76)n5)c4cc32)cc1. The van der Waals surface area contributed by atoms with Crippen LogP contribution in [0, 0.1) is 0 Å². The minimum atomic E-state index is 0.539. The first-order valence-corrected chi connectivity index (χ1v) is 19.6. The van der Waals surface area contributed by atoms with Crippen LogP contribution in [0.4, 0.5) is 0 Å². The Morgan fingerprint density at radius 2 is 0.500 bits per heavy atom. The fourth-order valence-corrected chi connectivity index (χ4v) is 9.42. The van der Waals surface area contributed by atoms with Gasteiger partial charge in [0.05, 0.1) is 44.1 Å². The van der Waals surface area contributed by atoms with Gasteiger partial charge in [-0.25, -0.2) is 0 Å².